The molecular weight excluding hydrogens is 294 g/mol. The van der Waals surface area contributed by atoms with E-state index in [2.05, 4.69) is 15.1 Å². The second-order valence-corrected chi connectivity index (χ2v) is 7.36. The molecule has 0 radical (unpaired) electrons. The molecule has 1 fully saturated rings. The third kappa shape index (κ3) is 2.46. The van der Waals surface area contributed by atoms with Gasteiger partial charge in [0.2, 0.25) is 10.0 Å². The molecule has 114 valence electrons. The average molecular weight is 311 g/mol. The Kier molecular flexibility index (Phi) is 3.54. The largest absolute Gasteiger partial charge is 0.310 e. The quantitative estimate of drug-likeness (QED) is 0.856. The second kappa shape index (κ2) is 5.23. The van der Waals surface area contributed by atoms with Crippen molar-refractivity contribution >= 4 is 15.5 Å². The monoisotopic (exact) mass is 311 g/mol. The van der Waals surface area contributed by atoms with E-state index >= 15 is 0 Å². The van der Waals surface area contributed by atoms with E-state index in [4.69, 9.17) is 0 Å². The summed E-state index contributed by atoms with van der Waals surface area (Å²) in [6.07, 6.45) is 4.23. The van der Waals surface area contributed by atoms with E-state index in [1.807, 2.05) is 0 Å². The Bertz CT molecular complexity index is 802. The fraction of sp³-hybridized carbons (Fsp3) is 0.583. The number of aromatic amines is 1. The van der Waals surface area contributed by atoms with Crippen LogP contribution in [0.25, 0.3) is 5.52 Å². The third-order valence-electron chi connectivity index (χ3n) is 3.94. The fourth-order valence-electron chi connectivity index (χ4n) is 2.71. The summed E-state index contributed by atoms with van der Waals surface area (Å²) in [4.78, 5) is 18.5. The molecule has 0 atom stereocenters. The Labute approximate surface area is 121 Å². The highest BCUT2D eigenvalue weighted by molar-refractivity contribution is 7.89. The minimum atomic E-state index is -3.13. The van der Waals surface area contributed by atoms with Crippen LogP contribution in [0, 0.1) is 0 Å². The summed E-state index contributed by atoms with van der Waals surface area (Å²) >= 11 is 0. The van der Waals surface area contributed by atoms with Gasteiger partial charge in [-0.15, -0.1) is 0 Å². The zero-order valence-corrected chi connectivity index (χ0v) is 12.5. The van der Waals surface area contributed by atoms with Crippen molar-refractivity contribution in [3.8, 4) is 0 Å². The molecule has 0 aromatic carbocycles. The minimum Gasteiger partial charge on any atom is -0.310 e. The highest BCUT2D eigenvalue weighted by Gasteiger charge is 2.29. The molecule has 1 N–H and O–H groups in total. The van der Waals surface area contributed by atoms with Gasteiger partial charge in [-0.05, 0) is 19.8 Å². The molecule has 2 aromatic rings. The predicted octanol–water partition coefficient (Wildman–Crippen LogP) is -0.0533. The maximum atomic E-state index is 11.9. The van der Waals surface area contributed by atoms with Gasteiger partial charge in [0.1, 0.15) is 12.2 Å². The number of hydrogen-bond donors (Lipinski definition) is 1. The Balaban J connectivity index is 1.84. The van der Waals surface area contributed by atoms with Crippen molar-refractivity contribution in [2.45, 2.75) is 25.7 Å². The molecule has 0 bridgehead atoms. The molecule has 1 aliphatic heterocycles. The van der Waals surface area contributed by atoms with E-state index in [1.54, 1.807) is 11.4 Å². The zero-order valence-electron chi connectivity index (χ0n) is 11.7. The molecular formula is C12H17N5O3S. The topological polar surface area (TPSA) is 100 Å². The Hall–Kier alpha value is -1.74. The van der Waals surface area contributed by atoms with Crippen LogP contribution in [0.4, 0.5) is 0 Å². The van der Waals surface area contributed by atoms with E-state index in [0.29, 0.717) is 31.4 Å². The van der Waals surface area contributed by atoms with E-state index in [1.165, 1.54) is 16.8 Å². The van der Waals surface area contributed by atoms with Crippen molar-refractivity contribution in [3.63, 3.8) is 0 Å². The molecule has 3 heterocycles. The molecule has 0 amide bonds. The average Bonchev–Trinajstić information content (AvgIpc) is 2.93. The summed E-state index contributed by atoms with van der Waals surface area (Å²) in [5, 5.41) is 4.13. The first-order valence-electron chi connectivity index (χ1n) is 6.92. The van der Waals surface area contributed by atoms with Gasteiger partial charge in [0.05, 0.1) is 11.9 Å². The van der Waals surface area contributed by atoms with Crippen LogP contribution in [0.5, 0.6) is 0 Å². The lowest BCUT2D eigenvalue weighted by Crippen LogP contribution is -2.39. The lowest BCUT2D eigenvalue weighted by Gasteiger charge is -2.30. The van der Waals surface area contributed by atoms with E-state index in [-0.39, 0.29) is 17.2 Å². The number of fused-ring (bicyclic) bond motifs is 1. The molecule has 9 heteroatoms. The normalized spacial score (nSPS) is 18.3. The zero-order chi connectivity index (χ0) is 15.0. The Morgan fingerprint density at radius 3 is 2.76 bits per heavy atom. The van der Waals surface area contributed by atoms with Gasteiger partial charge in [0, 0.05) is 19.0 Å². The number of nitrogens with zero attached hydrogens (tertiary/aromatic N) is 4. The summed E-state index contributed by atoms with van der Waals surface area (Å²) in [7, 11) is -3.13. The number of aromatic nitrogens is 4. The Morgan fingerprint density at radius 1 is 1.38 bits per heavy atom. The molecule has 2 aromatic heterocycles. The number of H-pyrrole nitrogens is 1. The van der Waals surface area contributed by atoms with Crippen molar-refractivity contribution in [2.24, 2.45) is 0 Å². The number of nitrogens with one attached hydrogen (secondary N) is 1. The highest BCUT2D eigenvalue weighted by Crippen LogP contribution is 2.28. The van der Waals surface area contributed by atoms with Crippen LogP contribution in [-0.4, -0.2) is 51.1 Å². The van der Waals surface area contributed by atoms with E-state index in [0.717, 1.165) is 5.82 Å². The first-order chi connectivity index (χ1) is 10.0. The molecule has 8 nitrogen and oxygen atoms in total. The van der Waals surface area contributed by atoms with Crippen molar-refractivity contribution < 1.29 is 8.42 Å². The van der Waals surface area contributed by atoms with Gasteiger partial charge < -0.3 is 4.98 Å². The van der Waals surface area contributed by atoms with Crippen molar-refractivity contribution in [3.05, 3.63) is 28.7 Å². The first-order valence-corrected chi connectivity index (χ1v) is 8.53. The maximum Gasteiger partial charge on any atom is 0.276 e. The van der Waals surface area contributed by atoms with Crippen molar-refractivity contribution in [1.82, 2.24) is 23.9 Å². The standard InChI is InChI=1S/C12H17N5O3S/c1-2-21(19,20)16-5-3-9(4-6-16)11-13-7-10-12(18)14-8-15-17(10)11/h7-9H,2-6H2,1H3,(H,14,15,18). The molecule has 21 heavy (non-hydrogen) atoms. The fourth-order valence-corrected chi connectivity index (χ4v) is 3.84. The van der Waals surface area contributed by atoms with Gasteiger partial charge in [-0.25, -0.2) is 22.2 Å². The van der Waals surface area contributed by atoms with Gasteiger partial charge in [-0.2, -0.15) is 5.10 Å². The summed E-state index contributed by atoms with van der Waals surface area (Å²) < 4.78 is 26.8. The van der Waals surface area contributed by atoms with E-state index in [9.17, 15) is 13.2 Å². The molecule has 1 aliphatic rings. The number of imidazole rings is 1. The SMILES string of the molecule is CCS(=O)(=O)N1CCC(c2ncc3c(=O)[nH]cnn23)CC1. The molecule has 0 spiro atoms. The van der Waals surface area contributed by atoms with Crippen molar-refractivity contribution in [1.29, 1.82) is 0 Å². The number of rotatable bonds is 3. The van der Waals surface area contributed by atoms with Crippen LogP contribution in [0.15, 0.2) is 17.3 Å². The van der Waals surface area contributed by atoms with Crippen molar-refractivity contribution in [2.75, 3.05) is 18.8 Å². The highest BCUT2D eigenvalue weighted by atomic mass is 32.2. The predicted molar refractivity (Wildman–Crippen MR) is 76.6 cm³/mol. The van der Waals surface area contributed by atoms with Gasteiger partial charge >= 0.3 is 0 Å². The molecule has 1 saturated heterocycles. The minimum absolute atomic E-state index is 0.116. The first kappa shape index (κ1) is 14.2. The molecule has 3 rings (SSSR count). The summed E-state index contributed by atoms with van der Waals surface area (Å²) in [5.74, 6) is 0.968. The Morgan fingerprint density at radius 2 is 2.10 bits per heavy atom. The van der Waals surface area contributed by atoms with Crippen LogP contribution in [0.2, 0.25) is 0 Å². The van der Waals surface area contributed by atoms with Crippen LogP contribution in [0.1, 0.15) is 31.5 Å². The molecule has 0 saturated carbocycles. The summed E-state index contributed by atoms with van der Waals surface area (Å²) in [5.41, 5.74) is 0.186. The van der Waals surface area contributed by atoms with Gasteiger partial charge in [-0.1, -0.05) is 0 Å². The lowest BCUT2D eigenvalue weighted by molar-refractivity contribution is 0.312. The molecule has 0 aliphatic carbocycles. The lowest BCUT2D eigenvalue weighted by atomic mass is 9.97. The molecule has 0 unspecified atom stereocenters. The van der Waals surface area contributed by atoms with Crippen LogP contribution < -0.4 is 5.56 Å². The van der Waals surface area contributed by atoms with Crippen LogP contribution in [0.3, 0.4) is 0 Å². The summed E-state index contributed by atoms with van der Waals surface area (Å²) in [6, 6.07) is 0. The van der Waals surface area contributed by atoms with Gasteiger partial charge in [0.15, 0.2) is 5.52 Å². The third-order valence-corrected chi connectivity index (χ3v) is 5.82. The summed E-state index contributed by atoms with van der Waals surface area (Å²) in [6.45, 7) is 2.62. The smallest absolute Gasteiger partial charge is 0.276 e. The second-order valence-electron chi connectivity index (χ2n) is 5.11. The van der Waals surface area contributed by atoms with Gasteiger partial charge in [-0.3, -0.25) is 4.79 Å². The van der Waals surface area contributed by atoms with E-state index < -0.39 is 10.0 Å². The van der Waals surface area contributed by atoms with Gasteiger partial charge in [0.25, 0.3) is 5.56 Å². The number of piperidine rings is 1. The number of sulfonamides is 1. The van der Waals surface area contributed by atoms with Crippen LogP contribution in [-0.2, 0) is 10.0 Å². The van der Waals surface area contributed by atoms with Crippen LogP contribution >= 0.6 is 0 Å². The maximum absolute atomic E-state index is 11.9. The number of hydrogen-bond acceptors (Lipinski definition) is 5.